The average Bonchev–Trinajstić information content (AvgIpc) is 3.98. The van der Waals surface area contributed by atoms with E-state index in [1.807, 2.05) is 73.1 Å². The summed E-state index contributed by atoms with van der Waals surface area (Å²) in [5.74, 6) is -1.26. The summed E-state index contributed by atoms with van der Waals surface area (Å²) in [5.41, 5.74) is 6.46. The van der Waals surface area contributed by atoms with E-state index in [9.17, 15) is 9.59 Å². The highest BCUT2D eigenvalue weighted by Crippen LogP contribution is 2.29. The first-order chi connectivity index (χ1) is 25.4. The third-order valence-electron chi connectivity index (χ3n) is 7.63. The summed E-state index contributed by atoms with van der Waals surface area (Å²) in [7, 11) is 0. The number of fused-ring (bicyclic) bond motifs is 2. The fourth-order valence-electron chi connectivity index (χ4n) is 5.27. The summed E-state index contributed by atoms with van der Waals surface area (Å²) < 4.78 is 8.63. The SMILES string of the molecule is CCOC(=O)c1cccc(Sc2cc(Cc3ncnn4cccc34)[nH]n2)c1.O=C(O)c1cccc(Sc2cc(Cc3ncnn4cccc34)[nH]n2)c1. The predicted octanol–water partition coefficient (Wildman–Crippen LogP) is 6.26. The number of carbonyl (C=O) groups excluding carboxylic acids is 1. The zero-order chi connectivity index (χ0) is 35.9. The van der Waals surface area contributed by atoms with Crippen LogP contribution >= 0.6 is 23.5 Å². The van der Waals surface area contributed by atoms with Gasteiger partial charge < -0.3 is 9.84 Å². The number of hydrogen-bond acceptors (Lipinski definition) is 11. The molecule has 0 aliphatic heterocycles. The van der Waals surface area contributed by atoms with Gasteiger partial charge >= 0.3 is 11.9 Å². The third-order valence-corrected chi connectivity index (χ3v) is 9.44. The molecule has 0 atom stereocenters. The molecule has 0 radical (unpaired) electrons. The van der Waals surface area contributed by atoms with E-state index in [1.54, 1.807) is 46.5 Å². The minimum Gasteiger partial charge on any atom is -0.478 e. The first-order valence-electron chi connectivity index (χ1n) is 16.0. The predicted molar refractivity (Wildman–Crippen MR) is 193 cm³/mol. The molecule has 0 aliphatic carbocycles. The molecule has 2 aromatic carbocycles. The van der Waals surface area contributed by atoms with Crippen LogP contribution < -0.4 is 0 Å². The minimum absolute atomic E-state index is 0.261. The lowest BCUT2D eigenvalue weighted by atomic mass is 10.2. The highest BCUT2D eigenvalue weighted by Gasteiger charge is 2.12. The van der Waals surface area contributed by atoms with Gasteiger partial charge in [0, 0.05) is 46.4 Å². The molecule has 6 aromatic heterocycles. The number of nitrogens with one attached hydrogen (secondary N) is 2. The number of hydrogen-bond donors (Lipinski definition) is 3. The summed E-state index contributed by atoms with van der Waals surface area (Å²) in [6, 6.07) is 25.9. The van der Waals surface area contributed by atoms with Gasteiger partial charge in [0.25, 0.3) is 0 Å². The largest absolute Gasteiger partial charge is 0.478 e. The van der Waals surface area contributed by atoms with Gasteiger partial charge in [0.2, 0.25) is 0 Å². The maximum absolute atomic E-state index is 11.9. The number of nitrogens with zero attached hydrogens (tertiary/aromatic N) is 8. The Labute approximate surface area is 304 Å². The standard InChI is InChI=1S/C19H17N5O2S.C17H13N5O2S/c1-2-26-19(25)13-5-3-6-15(9-13)27-18-11-14(22-23-18)10-16-17-7-4-8-24(17)21-12-20-16;23-17(24)11-3-1-4-13(7-11)25-16-9-12(20-21-16)8-14-15-5-2-6-22(15)19-10-18-14/h3-9,11-12H,2,10H2,1H3,(H,22,23);1-7,9-10H,8H2,(H,20,21)(H,23,24). The molecule has 52 heavy (non-hydrogen) atoms. The van der Waals surface area contributed by atoms with Gasteiger partial charge in [-0.05, 0) is 79.7 Å². The van der Waals surface area contributed by atoms with Crippen molar-refractivity contribution in [3.8, 4) is 0 Å². The molecule has 260 valence electrons. The van der Waals surface area contributed by atoms with Gasteiger partial charge in [0.15, 0.2) is 0 Å². The van der Waals surface area contributed by atoms with Crippen LogP contribution in [0.4, 0.5) is 0 Å². The topological polar surface area (TPSA) is 181 Å². The van der Waals surface area contributed by atoms with Crippen molar-refractivity contribution in [3.05, 3.63) is 144 Å². The second-order valence-electron chi connectivity index (χ2n) is 11.2. The highest BCUT2D eigenvalue weighted by molar-refractivity contribution is 7.99. The van der Waals surface area contributed by atoms with Crippen molar-refractivity contribution in [2.45, 2.75) is 39.6 Å². The molecule has 14 nitrogen and oxygen atoms in total. The number of rotatable bonds is 11. The molecule has 0 spiro atoms. The fourth-order valence-corrected chi connectivity index (χ4v) is 7.01. The second kappa shape index (κ2) is 15.7. The monoisotopic (exact) mass is 730 g/mol. The lowest BCUT2D eigenvalue weighted by molar-refractivity contribution is 0.0525. The van der Waals surface area contributed by atoms with Crippen LogP contribution in [-0.4, -0.2) is 73.2 Å². The number of benzene rings is 2. The summed E-state index contributed by atoms with van der Waals surface area (Å²) in [5, 5.41) is 33.7. The molecular weight excluding hydrogens is 701 g/mol. The molecule has 0 saturated heterocycles. The summed E-state index contributed by atoms with van der Waals surface area (Å²) in [6.07, 6.45) is 8.10. The third kappa shape index (κ3) is 8.20. The lowest BCUT2D eigenvalue weighted by Crippen LogP contribution is -2.04. The first kappa shape index (κ1) is 34.2. The van der Waals surface area contributed by atoms with Crippen LogP contribution in [0, 0.1) is 0 Å². The molecule has 8 aromatic rings. The Morgan fingerprint density at radius 3 is 1.75 bits per heavy atom. The summed E-state index contributed by atoms with van der Waals surface area (Å²) >= 11 is 2.90. The van der Waals surface area contributed by atoms with E-state index in [0.29, 0.717) is 25.0 Å². The number of aromatic amines is 2. The number of aromatic carboxylic acids is 1. The normalized spacial score (nSPS) is 11.0. The van der Waals surface area contributed by atoms with Crippen LogP contribution in [0.3, 0.4) is 0 Å². The van der Waals surface area contributed by atoms with Gasteiger partial charge in [0.05, 0.1) is 40.2 Å². The van der Waals surface area contributed by atoms with Crippen molar-refractivity contribution < 1.29 is 19.4 Å². The van der Waals surface area contributed by atoms with Crippen LogP contribution in [0.5, 0.6) is 0 Å². The van der Waals surface area contributed by atoms with E-state index >= 15 is 0 Å². The number of esters is 1. The van der Waals surface area contributed by atoms with E-state index in [1.165, 1.54) is 29.9 Å². The minimum atomic E-state index is -0.940. The van der Waals surface area contributed by atoms with Crippen LogP contribution in [0.2, 0.25) is 0 Å². The van der Waals surface area contributed by atoms with E-state index in [2.05, 4.69) is 40.6 Å². The fraction of sp³-hybridized carbons (Fsp3) is 0.111. The van der Waals surface area contributed by atoms with Crippen molar-refractivity contribution in [2.24, 2.45) is 0 Å². The Bertz CT molecular complexity index is 2490. The second-order valence-corrected chi connectivity index (χ2v) is 13.4. The lowest BCUT2D eigenvalue weighted by Gasteiger charge is -2.03. The van der Waals surface area contributed by atoms with Gasteiger partial charge in [0.1, 0.15) is 22.7 Å². The summed E-state index contributed by atoms with van der Waals surface area (Å²) in [4.78, 5) is 33.4. The van der Waals surface area contributed by atoms with Crippen molar-refractivity contribution in [3.63, 3.8) is 0 Å². The Morgan fingerprint density at radius 2 is 1.23 bits per heavy atom. The van der Waals surface area contributed by atoms with Crippen LogP contribution in [0.25, 0.3) is 11.0 Å². The van der Waals surface area contributed by atoms with Gasteiger partial charge in [-0.1, -0.05) is 35.7 Å². The molecule has 0 bridgehead atoms. The number of carboxylic acid groups (broad SMARTS) is 1. The molecule has 0 saturated carbocycles. The maximum atomic E-state index is 11.9. The van der Waals surface area contributed by atoms with Crippen LogP contribution in [-0.2, 0) is 17.6 Å². The van der Waals surface area contributed by atoms with Crippen LogP contribution in [0.15, 0.2) is 130 Å². The Kier molecular flexibility index (Phi) is 10.4. The van der Waals surface area contributed by atoms with Gasteiger partial charge in [-0.3, -0.25) is 10.2 Å². The summed E-state index contributed by atoms with van der Waals surface area (Å²) in [6.45, 7) is 2.15. The molecule has 0 unspecified atom stereocenters. The molecule has 0 amide bonds. The zero-order valence-corrected chi connectivity index (χ0v) is 29.2. The first-order valence-corrected chi connectivity index (χ1v) is 17.6. The quantitative estimate of drug-likeness (QED) is 0.127. The van der Waals surface area contributed by atoms with E-state index in [4.69, 9.17) is 9.84 Å². The molecule has 0 fully saturated rings. The molecule has 0 aliphatic rings. The highest BCUT2D eigenvalue weighted by atomic mass is 32.2. The maximum Gasteiger partial charge on any atom is 0.338 e. The number of carboxylic acids is 1. The zero-order valence-electron chi connectivity index (χ0n) is 27.6. The number of H-pyrrole nitrogens is 2. The molecule has 16 heteroatoms. The Hall–Kier alpha value is -6.26. The van der Waals surface area contributed by atoms with Crippen molar-refractivity contribution in [1.82, 2.24) is 49.6 Å². The molecular formula is C36H30N10O4S2. The number of carbonyl (C=O) groups is 2. The van der Waals surface area contributed by atoms with Crippen LogP contribution in [0.1, 0.15) is 50.4 Å². The van der Waals surface area contributed by atoms with Crippen molar-refractivity contribution in [1.29, 1.82) is 0 Å². The van der Waals surface area contributed by atoms with Crippen molar-refractivity contribution in [2.75, 3.05) is 6.61 Å². The van der Waals surface area contributed by atoms with Gasteiger partial charge in [-0.2, -0.15) is 20.4 Å². The Morgan fingerprint density at radius 1 is 0.712 bits per heavy atom. The van der Waals surface area contributed by atoms with Crippen molar-refractivity contribution >= 4 is 46.5 Å². The number of ether oxygens (including phenoxy) is 1. The molecule has 3 N–H and O–H groups in total. The average molecular weight is 731 g/mol. The Balaban J connectivity index is 0.000000162. The molecule has 8 rings (SSSR count). The van der Waals surface area contributed by atoms with Gasteiger partial charge in [-0.25, -0.2) is 28.6 Å². The van der Waals surface area contributed by atoms with Gasteiger partial charge in [-0.15, -0.1) is 0 Å². The number of aromatic nitrogens is 10. The van der Waals surface area contributed by atoms with E-state index < -0.39 is 5.97 Å². The van der Waals surface area contributed by atoms with E-state index in [-0.39, 0.29) is 11.5 Å². The smallest absolute Gasteiger partial charge is 0.338 e. The molecule has 6 heterocycles. The van der Waals surface area contributed by atoms with E-state index in [0.717, 1.165) is 53.7 Å².